The zero-order valence-corrected chi connectivity index (χ0v) is 14.3. The first-order valence-corrected chi connectivity index (χ1v) is 8.65. The molecule has 0 spiro atoms. The van der Waals surface area contributed by atoms with E-state index in [2.05, 4.69) is 40.5 Å². The highest BCUT2D eigenvalue weighted by Crippen LogP contribution is 2.20. The van der Waals surface area contributed by atoms with Gasteiger partial charge in [0, 0.05) is 19.2 Å². The summed E-state index contributed by atoms with van der Waals surface area (Å²) in [4.78, 5) is 8.93. The summed E-state index contributed by atoms with van der Waals surface area (Å²) in [6.07, 6.45) is 9.92. The molecule has 1 aliphatic rings. The Morgan fingerprint density at radius 3 is 2.45 bits per heavy atom. The van der Waals surface area contributed by atoms with Gasteiger partial charge in [-0.15, -0.1) is 0 Å². The van der Waals surface area contributed by atoms with Crippen LogP contribution in [0.5, 0.6) is 0 Å². The number of anilines is 2. The molecule has 0 saturated heterocycles. The van der Waals surface area contributed by atoms with Crippen molar-refractivity contribution in [3.05, 3.63) is 23.5 Å². The van der Waals surface area contributed by atoms with E-state index >= 15 is 0 Å². The number of hydrogen-bond donors (Lipinski definition) is 2. The molecule has 22 heavy (non-hydrogen) atoms. The maximum absolute atomic E-state index is 4.48. The lowest BCUT2D eigenvalue weighted by Gasteiger charge is -2.14. The fraction of sp³-hybridized carbons (Fsp3) is 0.667. The summed E-state index contributed by atoms with van der Waals surface area (Å²) in [5, 5.41) is 6.83. The molecule has 0 saturated carbocycles. The number of rotatable bonds is 8. The minimum atomic E-state index is 0.705. The van der Waals surface area contributed by atoms with Crippen LogP contribution in [0.3, 0.4) is 0 Å². The van der Waals surface area contributed by atoms with Crippen LogP contribution in [0.4, 0.5) is 11.6 Å². The van der Waals surface area contributed by atoms with Crippen LogP contribution in [0.15, 0.2) is 17.7 Å². The molecule has 4 nitrogen and oxygen atoms in total. The molecule has 0 aromatic carbocycles. The van der Waals surface area contributed by atoms with Crippen molar-refractivity contribution in [3.8, 4) is 0 Å². The maximum atomic E-state index is 4.48. The average Bonchev–Trinajstić information content (AvgIpc) is 2.47. The highest BCUT2D eigenvalue weighted by molar-refractivity contribution is 5.47. The lowest BCUT2D eigenvalue weighted by molar-refractivity contribution is 0.606. The number of allylic oxidation sites excluding steroid dienone is 1. The predicted molar refractivity (Wildman–Crippen MR) is 94.4 cm³/mol. The fourth-order valence-electron chi connectivity index (χ4n) is 2.72. The Balaban J connectivity index is 1.82. The minimum absolute atomic E-state index is 0.705. The first kappa shape index (κ1) is 16.8. The van der Waals surface area contributed by atoms with Crippen molar-refractivity contribution in [2.75, 3.05) is 23.7 Å². The molecule has 2 rings (SSSR count). The van der Waals surface area contributed by atoms with Crippen LogP contribution in [-0.4, -0.2) is 23.1 Å². The van der Waals surface area contributed by atoms with E-state index in [9.17, 15) is 0 Å². The average molecular weight is 302 g/mol. The zero-order chi connectivity index (χ0) is 15.8. The molecular weight excluding hydrogens is 272 g/mol. The number of hydrogen-bond acceptors (Lipinski definition) is 4. The lowest BCUT2D eigenvalue weighted by Crippen LogP contribution is -2.10. The number of nitrogens with one attached hydrogen (secondary N) is 2. The Kier molecular flexibility index (Phi) is 6.69. The van der Waals surface area contributed by atoms with Gasteiger partial charge in [-0.3, -0.25) is 0 Å². The van der Waals surface area contributed by atoms with Gasteiger partial charge in [-0.25, -0.2) is 9.97 Å². The topological polar surface area (TPSA) is 49.8 Å². The fourth-order valence-corrected chi connectivity index (χ4v) is 2.72. The van der Waals surface area contributed by atoms with E-state index in [1.807, 2.05) is 13.0 Å². The molecule has 0 aliphatic heterocycles. The number of aromatic nitrogens is 2. The maximum Gasteiger partial charge on any atom is 0.131 e. The van der Waals surface area contributed by atoms with Gasteiger partial charge in [-0.2, -0.15) is 0 Å². The Morgan fingerprint density at radius 1 is 1.09 bits per heavy atom. The van der Waals surface area contributed by atoms with E-state index in [1.165, 1.54) is 25.7 Å². The normalized spacial score (nSPS) is 14.8. The van der Waals surface area contributed by atoms with Crippen LogP contribution in [0.1, 0.15) is 58.2 Å². The molecule has 0 amide bonds. The molecule has 0 fully saturated rings. The highest BCUT2D eigenvalue weighted by atomic mass is 15.1. The van der Waals surface area contributed by atoms with Crippen molar-refractivity contribution in [2.45, 2.75) is 59.3 Å². The van der Waals surface area contributed by atoms with Crippen LogP contribution in [0, 0.1) is 12.8 Å². The highest BCUT2D eigenvalue weighted by Gasteiger charge is 2.05. The summed E-state index contributed by atoms with van der Waals surface area (Å²) < 4.78 is 0. The van der Waals surface area contributed by atoms with Crippen molar-refractivity contribution in [2.24, 2.45) is 5.92 Å². The van der Waals surface area contributed by atoms with Gasteiger partial charge in [-0.05, 0) is 51.4 Å². The number of aryl methyl sites for hydroxylation is 1. The minimum Gasteiger partial charge on any atom is -0.370 e. The molecule has 122 valence electrons. The third kappa shape index (κ3) is 6.04. The summed E-state index contributed by atoms with van der Waals surface area (Å²) in [6.45, 7) is 8.33. The van der Waals surface area contributed by atoms with Gasteiger partial charge in [0.2, 0.25) is 0 Å². The van der Waals surface area contributed by atoms with Gasteiger partial charge in [-0.1, -0.05) is 25.5 Å². The molecule has 0 atom stereocenters. The first-order valence-electron chi connectivity index (χ1n) is 8.65. The van der Waals surface area contributed by atoms with Gasteiger partial charge in [0.05, 0.1) is 0 Å². The van der Waals surface area contributed by atoms with Crippen molar-refractivity contribution in [1.29, 1.82) is 0 Å². The van der Waals surface area contributed by atoms with Crippen molar-refractivity contribution in [3.63, 3.8) is 0 Å². The van der Waals surface area contributed by atoms with Gasteiger partial charge in [0.1, 0.15) is 17.5 Å². The zero-order valence-electron chi connectivity index (χ0n) is 14.3. The van der Waals surface area contributed by atoms with Crippen molar-refractivity contribution in [1.82, 2.24) is 9.97 Å². The largest absolute Gasteiger partial charge is 0.370 e. The van der Waals surface area contributed by atoms with E-state index in [-0.39, 0.29) is 0 Å². The van der Waals surface area contributed by atoms with Gasteiger partial charge >= 0.3 is 0 Å². The second-order valence-electron chi connectivity index (χ2n) is 6.58. The molecule has 0 unspecified atom stereocenters. The SMILES string of the molecule is Cc1nc(NCCC2=CCCCC2)cc(NCCC(C)C)n1. The summed E-state index contributed by atoms with van der Waals surface area (Å²) in [7, 11) is 0. The Hall–Kier alpha value is -1.58. The standard InChI is InChI=1S/C18H30N4/c1-14(2)9-11-19-17-13-18(22-15(3)21-17)20-12-10-16-7-5-4-6-8-16/h7,13-14H,4-6,8-12H2,1-3H3,(H2,19,20,21,22). The molecule has 4 heteroatoms. The lowest BCUT2D eigenvalue weighted by atomic mass is 9.97. The molecule has 0 bridgehead atoms. The van der Waals surface area contributed by atoms with E-state index in [0.717, 1.165) is 43.4 Å². The second-order valence-corrected chi connectivity index (χ2v) is 6.58. The van der Waals surface area contributed by atoms with Crippen LogP contribution >= 0.6 is 0 Å². The molecular formula is C18H30N4. The number of nitrogens with zero attached hydrogens (tertiary/aromatic N) is 2. The van der Waals surface area contributed by atoms with Crippen LogP contribution in [0.25, 0.3) is 0 Å². The van der Waals surface area contributed by atoms with Crippen molar-refractivity contribution >= 4 is 11.6 Å². The molecule has 1 heterocycles. The molecule has 1 aromatic rings. The Bertz CT molecular complexity index is 494. The van der Waals surface area contributed by atoms with Crippen LogP contribution < -0.4 is 10.6 Å². The predicted octanol–water partition coefficient (Wildman–Crippen LogP) is 4.55. The summed E-state index contributed by atoms with van der Waals surface area (Å²) in [5.74, 6) is 3.37. The van der Waals surface area contributed by atoms with Gasteiger partial charge in [0.25, 0.3) is 0 Å². The summed E-state index contributed by atoms with van der Waals surface area (Å²) in [5.41, 5.74) is 1.60. The summed E-state index contributed by atoms with van der Waals surface area (Å²) in [6, 6.07) is 2.02. The third-order valence-corrected chi connectivity index (χ3v) is 4.00. The molecule has 0 radical (unpaired) electrons. The Labute approximate surface area is 134 Å². The van der Waals surface area contributed by atoms with Crippen molar-refractivity contribution < 1.29 is 0 Å². The third-order valence-electron chi connectivity index (χ3n) is 4.00. The first-order chi connectivity index (χ1) is 10.6. The second kappa shape index (κ2) is 8.76. The monoisotopic (exact) mass is 302 g/mol. The molecule has 1 aliphatic carbocycles. The van der Waals surface area contributed by atoms with E-state index in [4.69, 9.17) is 0 Å². The van der Waals surface area contributed by atoms with E-state index in [1.54, 1.807) is 5.57 Å². The molecule has 1 aromatic heterocycles. The smallest absolute Gasteiger partial charge is 0.131 e. The summed E-state index contributed by atoms with van der Waals surface area (Å²) >= 11 is 0. The van der Waals surface area contributed by atoms with Gasteiger partial charge < -0.3 is 10.6 Å². The van der Waals surface area contributed by atoms with Crippen LogP contribution in [-0.2, 0) is 0 Å². The van der Waals surface area contributed by atoms with E-state index in [0.29, 0.717) is 5.92 Å². The quantitative estimate of drug-likeness (QED) is 0.692. The van der Waals surface area contributed by atoms with Crippen LogP contribution in [0.2, 0.25) is 0 Å². The van der Waals surface area contributed by atoms with E-state index < -0.39 is 0 Å². The Morgan fingerprint density at radius 2 is 1.82 bits per heavy atom. The molecule has 2 N–H and O–H groups in total. The van der Waals surface area contributed by atoms with Gasteiger partial charge in [0.15, 0.2) is 0 Å².